The molecule has 0 saturated heterocycles. The molecular weight excluding hydrogens is 371 g/mol. The lowest BCUT2D eigenvalue weighted by molar-refractivity contribution is -0.139. The first-order valence-electron chi connectivity index (χ1n) is 8.33. The van der Waals surface area contributed by atoms with Crippen molar-refractivity contribution >= 4 is 35.0 Å². The van der Waals surface area contributed by atoms with E-state index in [4.69, 9.17) is 23.2 Å². The van der Waals surface area contributed by atoms with Gasteiger partial charge in [-0.2, -0.15) is 0 Å². The van der Waals surface area contributed by atoms with Crippen LogP contribution in [0.4, 0.5) is 0 Å². The van der Waals surface area contributed by atoms with Crippen molar-refractivity contribution in [2.75, 3.05) is 7.05 Å². The highest BCUT2D eigenvalue weighted by molar-refractivity contribution is 6.36. The highest BCUT2D eigenvalue weighted by Crippen LogP contribution is 2.27. The van der Waals surface area contributed by atoms with Crippen LogP contribution in [0.15, 0.2) is 42.5 Å². The average molecular weight is 393 g/mol. The van der Waals surface area contributed by atoms with E-state index in [2.05, 4.69) is 5.32 Å². The number of hydrogen-bond acceptors (Lipinski definition) is 2. The zero-order valence-electron chi connectivity index (χ0n) is 15.1. The minimum absolute atomic E-state index is 0.161. The van der Waals surface area contributed by atoms with E-state index in [1.807, 2.05) is 31.2 Å². The maximum absolute atomic E-state index is 13.0. The standard InChI is InChI=1S/C20H22Cl2N2O2/c1-13-7-4-5-8-15(13)11-19(25)24(14(2)20(26)23-3)12-16-17(21)9-6-10-18(16)22/h4-10,14H,11-12H2,1-3H3,(H,23,26)/t14-/m1/s1. The van der Waals surface area contributed by atoms with Crippen molar-refractivity contribution in [1.82, 2.24) is 10.2 Å². The van der Waals surface area contributed by atoms with Gasteiger partial charge in [0, 0.05) is 29.2 Å². The Labute approximate surface area is 164 Å². The molecule has 0 radical (unpaired) electrons. The second kappa shape index (κ2) is 9.06. The Balaban J connectivity index is 2.33. The third-order valence-electron chi connectivity index (χ3n) is 4.41. The van der Waals surface area contributed by atoms with E-state index >= 15 is 0 Å². The van der Waals surface area contributed by atoms with Crippen LogP contribution in [0.2, 0.25) is 10.0 Å². The Hall–Kier alpha value is -2.04. The van der Waals surface area contributed by atoms with Crippen molar-refractivity contribution in [2.24, 2.45) is 0 Å². The first kappa shape index (κ1) is 20.3. The van der Waals surface area contributed by atoms with Crippen LogP contribution in [0.5, 0.6) is 0 Å². The second-order valence-electron chi connectivity index (χ2n) is 6.12. The molecule has 4 nitrogen and oxygen atoms in total. The molecule has 0 aliphatic heterocycles. The number of carbonyl (C=O) groups is 2. The van der Waals surface area contributed by atoms with Gasteiger partial charge in [0.1, 0.15) is 6.04 Å². The van der Waals surface area contributed by atoms with Crippen molar-refractivity contribution in [3.63, 3.8) is 0 Å². The van der Waals surface area contributed by atoms with Crippen LogP contribution in [0.1, 0.15) is 23.6 Å². The van der Waals surface area contributed by atoms with Gasteiger partial charge in [0.15, 0.2) is 0 Å². The molecule has 0 aliphatic carbocycles. The number of hydrogen-bond donors (Lipinski definition) is 1. The van der Waals surface area contributed by atoms with Crippen molar-refractivity contribution in [3.05, 3.63) is 69.2 Å². The van der Waals surface area contributed by atoms with Gasteiger partial charge in [-0.15, -0.1) is 0 Å². The van der Waals surface area contributed by atoms with Crippen molar-refractivity contribution in [1.29, 1.82) is 0 Å². The summed E-state index contributed by atoms with van der Waals surface area (Å²) >= 11 is 12.5. The number of nitrogens with one attached hydrogen (secondary N) is 1. The molecule has 2 amide bonds. The zero-order valence-corrected chi connectivity index (χ0v) is 16.6. The minimum Gasteiger partial charge on any atom is -0.357 e. The van der Waals surface area contributed by atoms with Gasteiger partial charge in [-0.05, 0) is 37.1 Å². The van der Waals surface area contributed by atoms with E-state index in [1.165, 1.54) is 4.90 Å². The smallest absolute Gasteiger partial charge is 0.242 e. The van der Waals surface area contributed by atoms with Gasteiger partial charge in [0.25, 0.3) is 0 Å². The predicted octanol–water partition coefficient (Wildman–Crippen LogP) is 4.01. The van der Waals surface area contributed by atoms with Gasteiger partial charge in [-0.25, -0.2) is 0 Å². The second-order valence-corrected chi connectivity index (χ2v) is 6.93. The number of rotatable bonds is 6. The molecular formula is C20H22Cl2N2O2. The number of nitrogens with zero attached hydrogens (tertiary/aromatic N) is 1. The molecule has 0 saturated carbocycles. The van der Waals surface area contributed by atoms with Crippen LogP contribution in [-0.2, 0) is 22.6 Å². The summed E-state index contributed by atoms with van der Waals surface area (Å²) < 4.78 is 0. The summed E-state index contributed by atoms with van der Waals surface area (Å²) in [4.78, 5) is 26.7. The average Bonchev–Trinajstić information content (AvgIpc) is 2.62. The van der Waals surface area contributed by atoms with E-state index in [1.54, 1.807) is 32.2 Å². The Kier molecular flexibility index (Phi) is 7.06. The van der Waals surface area contributed by atoms with Gasteiger partial charge in [-0.3, -0.25) is 9.59 Å². The molecule has 0 heterocycles. The fourth-order valence-electron chi connectivity index (χ4n) is 2.72. The SMILES string of the molecule is CNC(=O)[C@@H](C)N(Cc1c(Cl)cccc1Cl)C(=O)Cc1ccccc1C. The molecule has 1 N–H and O–H groups in total. The summed E-state index contributed by atoms with van der Waals surface area (Å²) in [6.07, 6.45) is 0.204. The fourth-order valence-corrected chi connectivity index (χ4v) is 3.24. The van der Waals surface area contributed by atoms with Crippen LogP contribution < -0.4 is 5.32 Å². The first-order chi connectivity index (χ1) is 12.3. The molecule has 6 heteroatoms. The van der Waals surface area contributed by atoms with Gasteiger partial charge in [0.05, 0.1) is 6.42 Å². The Morgan fingerprint density at radius 2 is 1.69 bits per heavy atom. The summed E-state index contributed by atoms with van der Waals surface area (Å²) in [5, 5.41) is 3.53. The molecule has 2 aromatic carbocycles. The van der Waals surface area contributed by atoms with Gasteiger partial charge >= 0.3 is 0 Å². The normalized spacial score (nSPS) is 11.7. The van der Waals surface area contributed by atoms with Crippen molar-refractivity contribution in [2.45, 2.75) is 32.9 Å². The minimum atomic E-state index is -0.649. The topological polar surface area (TPSA) is 49.4 Å². The lowest BCUT2D eigenvalue weighted by Crippen LogP contribution is -2.47. The molecule has 0 aliphatic rings. The highest BCUT2D eigenvalue weighted by atomic mass is 35.5. The predicted molar refractivity (Wildman–Crippen MR) is 105 cm³/mol. The van der Waals surface area contributed by atoms with Crippen LogP contribution in [0, 0.1) is 6.92 Å². The lowest BCUT2D eigenvalue weighted by Gasteiger charge is -2.29. The Bertz CT molecular complexity index is 788. The summed E-state index contributed by atoms with van der Waals surface area (Å²) in [7, 11) is 1.55. The lowest BCUT2D eigenvalue weighted by atomic mass is 10.0. The third-order valence-corrected chi connectivity index (χ3v) is 5.11. The summed E-state index contributed by atoms with van der Waals surface area (Å²) in [5.74, 6) is -0.405. The first-order valence-corrected chi connectivity index (χ1v) is 9.09. The molecule has 2 rings (SSSR count). The molecule has 26 heavy (non-hydrogen) atoms. The number of carbonyl (C=O) groups excluding carboxylic acids is 2. The van der Waals surface area contributed by atoms with E-state index < -0.39 is 6.04 Å². The van der Waals surface area contributed by atoms with Crippen LogP contribution in [0.3, 0.4) is 0 Å². The van der Waals surface area contributed by atoms with E-state index in [0.29, 0.717) is 15.6 Å². The monoisotopic (exact) mass is 392 g/mol. The van der Waals surface area contributed by atoms with Gasteiger partial charge < -0.3 is 10.2 Å². The number of amides is 2. The summed E-state index contributed by atoms with van der Waals surface area (Å²) in [5.41, 5.74) is 2.59. The molecule has 0 unspecified atom stereocenters. The number of likely N-dealkylation sites (N-methyl/N-ethyl adjacent to an activating group) is 1. The molecule has 0 fully saturated rings. The van der Waals surface area contributed by atoms with Gasteiger partial charge in [-0.1, -0.05) is 53.5 Å². The Morgan fingerprint density at radius 1 is 1.08 bits per heavy atom. The Morgan fingerprint density at radius 3 is 2.27 bits per heavy atom. The number of halogens is 2. The largest absolute Gasteiger partial charge is 0.357 e. The van der Waals surface area contributed by atoms with Crippen LogP contribution in [-0.4, -0.2) is 29.8 Å². The summed E-state index contributed by atoms with van der Waals surface area (Å²) in [6.45, 7) is 3.82. The molecule has 2 aromatic rings. The molecule has 0 spiro atoms. The quantitative estimate of drug-likeness (QED) is 0.806. The molecule has 1 atom stereocenters. The van der Waals surface area contributed by atoms with Crippen molar-refractivity contribution in [3.8, 4) is 0 Å². The van der Waals surface area contributed by atoms with E-state index in [0.717, 1.165) is 11.1 Å². The molecule has 138 valence electrons. The van der Waals surface area contributed by atoms with E-state index in [9.17, 15) is 9.59 Å². The van der Waals surface area contributed by atoms with E-state index in [-0.39, 0.29) is 24.8 Å². The van der Waals surface area contributed by atoms with Crippen LogP contribution in [0.25, 0.3) is 0 Å². The van der Waals surface area contributed by atoms with Crippen molar-refractivity contribution < 1.29 is 9.59 Å². The summed E-state index contributed by atoms with van der Waals surface area (Å²) in [6, 6.07) is 12.2. The van der Waals surface area contributed by atoms with Gasteiger partial charge in [0.2, 0.25) is 11.8 Å². The molecule has 0 aromatic heterocycles. The third kappa shape index (κ3) is 4.77. The number of benzene rings is 2. The maximum Gasteiger partial charge on any atom is 0.242 e. The maximum atomic E-state index is 13.0. The fraction of sp³-hybridized carbons (Fsp3) is 0.300. The highest BCUT2D eigenvalue weighted by Gasteiger charge is 2.27. The number of aryl methyl sites for hydroxylation is 1. The molecule has 0 bridgehead atoms. The van der Waals surface area contributed by atoms with Crippen LogP contribution >= 0.6 is 23.2 Å². The zero-order chi connectivity index (χ0) is 19.3.